The van der Waals surface area contributed by atoms with Crippen LogP contribution in [0.15, 0.2) is 4.99 Å². The summed E-state index contributed by atoms with van der Waals surface area (Å²) in [7, 11) is 0. The molecule has 0 saturated heterocycles. The van der Waals surface area contributed by atoms with E-state index in [0.717, 1.165) is 6.29 Å². The van der Waals surface area contributed by atoms with E-state index in [1.54, 1.807) is 0 Å². The Hall–Kier alpha value is -1.39. The summed E-state index contributed by atoms with van der Waals surface area (Å²) < 4.78 is 5.30. The van der Waals surface area contributed by atoms with Crippen LogP contribution in [0.25, 0.3) is 0 Å². The third kappa shape index (κ3) is 3.78. The van der Waals surface area contributed by atoms with Gasteiger partial charge in [-0.05, 0) is 33.1 Å². The van der Waals surface area contributed by atoms with E-state index in [0.29, 0.717) is 0 Å². The minimum atomic E-state index is -0.380. The van der Waals surface area contributed by atoms with E-state index in [4.69, 9.17) is 4.74 Å². The maximum atomic E-state index is 12.1. The summed E-state index contributed by atoms with van der Waals surface area (Å²) >= 11 is 0. The molecule has 1 aliphatic rings. The highest BCUT2D eigenvalue weighted by molar-refractivity contribution is 5.93. The molecule has 0 amide bonds. The quantitative estimate of drug-likeness (QED) is 0.365. The zero-order valence-corrected chi connectivity index (χ0v) is 12.6. The van der Waals surface area contributed by atoms with Crippen molar-refractivity contribution in [3.05, 3.63) is 0 Å². The zero-order chi connectivity index (χ0) is 14.8. The van der Waals surface area contributed by atoms with E-state index in [9.17, 15) is 9.59 Å². The number of aliphatic imine (C=N–C) groups is 1. The number of carbonyl (C=O) groups excluding carboxylic acids is 2. The van der Waals surface area contributed by atoms with Gasteiger partial charge in [0.1, 0.15) is 6.29 Å². The smallest absolute Gasteiger partial charge is 0.318 e. The predicted molar refractivity (Wildman–Crippen MR) is 73.8 cm³/mol. The van der Waals surface area contributed by atoms with Crippen LogP contribution in [0.2, 0.25) is 0 Å². The lowest BCUT2D eigenvalue weighted by atomic mass is 10.1. The Labute approximate surface area is 114 Å². The minimum Gasteiger partial charge on any atom is -0.392 e. The molecule has 0 aliphatic heterocycles. The van der Waals surface area contributed by atoms with Gasteiger partial charge < -0.3 is 14.8 Å². The first-order valence-electron chi connectivity index (χ1n) is 6.71. The molecule has 1 aliphatic carbocycles. The largest absolute Gasteiger partial charge is 0.392 e. The van der Waals surface area contributed by atoms with Crippen molar-refractivity contribution in [3.8, 4) is 0 Å². The standard InChI is InChI=1S/C14H24N2O3/c1-8(2)15-13(16-9(3)4)19-12(18)11-10(7-17)14(11,5)6/h7-11H,1-6H3,(H,15,16). The lowest BCUT2D eigenvalue weighted by molar-refractivity contribution is -0.138. The summed E-state index contributed by atoms with van der Waals surface area (Å²) in [6.45, 7) is 11.5. The number of hydrogen-bond acceptors (Lipinski definition) is 4. The van der Waals surface area contributed by atoms with Crippen molar-refractivity contribution >= 4 is 18.3 Å². The number of aldehydes is 1. The van der Waals surface area contributed by atoms with Crippen LogP contribution in [0.1, 0.15) is 41.5 Å². The van der Waals surface area contributed by atoms with E-state index < -0.39 is 0 Å². The fraction of sp³-hybridized carbons (Fsp3) is 0.786. The monoisotopic (exact) mass is 268 g/mol. The number of hydrogen-bond donors (Lipinski definition) is 1. The maximum Gasteiger partial charge on any atom is 0.318 e. The van der Waals surface area contributed by atoms with Gasteiger partial charge in [0.15, 0.2) is 0 Å². The van der Waals surface area contributed by atoms with Crippen LogP contribution in [0.5, 0.6) is 0 Å². The Morgan fingerprint density at radius 3 is 2.26 bits per heavy atom. The molecule has 1 rings (SSSR count). The number of ether oxygens (including phenoxy) is 1. The zero-order valence-electron chi connectivity index (χ0n) is 12.6. The normalized spacial score (nSPS) is 25.4. The number of nitrogens with zero attached hydrogens (tertiary/aromatic N) is 1. The Balaban J connectivity index is 2.71. The van der Waals surface area contributed by atoms with Crippen LogP contribution in [-0.4, -0.2) is 30.4 Å². The van der Waals surface area contributed by atoms with Crippen molar-refractivity contribution in [1.82, 2.24) is 5.32 Å². The molecule has 0 aromatic rings. The number of esters is 1. The van der Waals surface area contributed by atoms with Crippen molar-refractivity contribution in [2.75, 3.05) is 0 Å². The van der Waals surface area contributed by atoms with Crippen LogP contribution >= 0.6 is 0 Å². The van der Waals surface area contributed by atoms with Gasteiger partial charge in [-0.15, -0.1) is 0 Å². The van der Waals surface area contributed by atoms with Crippen molar-refractivity contribution in [3.63, 3.8) is 0 Å². The second-order valence-electron chi connectivity index (χ2n) is 6.21. The Bertz CT molecular complexity index is 386. The molecule has 2 unspecified atom stereocenters. The third-order valence-electron chi connectivity index (χ3n) is 3.30. The summed E-state index contributed by atoms with van der Waals surface area (Å²) in [5.41, 5.74) is -0.306. The highest BCUT2D eigenvalue weighted by atomic mass is 16.6. The molecular weight excluding hydrogens is 244 g/mol. The predicted octanol–water partition coefficient (Wildman–Crippen LogP) is 1.76. The lowest BCUT2D eigenvalue weighted by Crippen LogP contribution is -2.35. The molecule has 0 aromatic heterocycles. The maximum absolute atomic E-state index is 12.1. The summed E-state index contributed by atoms with van der Waals surface area (Å²) in [6.07, 6.45) is 0.834. The van der Waals surface area contributed by atoms with Gasteiger partial charge in [0.25, 0.3) is 6.02 Å². The highest BCUT2D eigenvalue weighted by Crippen LogP contribution is 2.57. The molecule has 1 saturated carbocycles. The SMILES string of the molecule is CC(C)/N=C(/NC(C)C)OC(=O)C1C(C=O)C1(C)C. The topological polar surface area (TPSA) is 67.8 Å². The molecule has 5 heteroatoms. The molecule has 2 atom stereocenters. The Kier molecular flexibility index (Phi) is 4.71. The Morgan fingerprint density at radius 1 is 1.32 bits per heavy atom. The number of amidine groups is 1. The van der Waals surface area contributed by atoms with Crippen molar-refractivity contribution in [1.29, 1.82) is 0 Å². The molecule has 19 heavy (non-hydrogen) atoms. The summed E-state index contributed by atoms with van der Waals surface area (Å²) in [5.74, 6) is -0.995. The summed E-state index contributed by atoms with van der Waals surface area (Å²) in [5, 5.41) is 3.00. The van der Waals surface area contributed by atoms with E-state index in [1.165, 1.54) is 0 Å². The first kappa shape index (κ1) is 15.7. The molecule has 0 radical (unpaired) electrons. The number of nitrogens with one attached hydrogen (secondary N) is 1. The first-order chi connectivity index (χ1) is 8.70. The molecule has 0 aromatic carbocycles. The van der Waals surface area contributed by atoms with Gasteiger partial charge in [-0.1, -0.05) is 13.8 Å². The van der Waals surface area contributed by atoms with E-state index in [1.807, 2.05) is 41.5 Å². The average Bonchev–Trinajstić information content (AvgIpc) is 2.78. The van der Waals surface area contributed by atoms with Crippen LogP contribution in [-0.2, 0) is 14.3 Å². The molecule has 0 bridgehead atoms. The van der Waals surface area contributed by atoms with Crippen molar-refractivity contribution in [2.45, 2.75) is 53.6 Å². The fourth-order valence-corrected chi connectivity index (χ4v) is 2.12. The van der Waals surface area contributed by atoms with Crippen molar-refractivity contribution < 1.29 is 14.3 Å². The average molecular weight is 268 g/mol. The van der Waals surface area contributed by atoms with E-state index in [2.05, 4.69) is 10.3 Å². The van der Waals surface area contributed by atoms with Gasteiger partial charge in [0.2, 0.25) is 0 Å². The lowest BCUT2D eigenvalue weighted by Gasteiger charge is -2.14. The van der Waals surface area contributed by atoms with E-state index >= 15 is 0 Å². The molecule has 1 fully saturated rings. The third-order valence-corrected chi connectivity index (χ3v) is 3.30. The molecule has 0 spiro atoms. The van der Waals surface area contributed by atoms with Crippen LogP contribution in [0.3, 0.4) is 0 Å². The van der Waals surface area contributed by atoms with Crippen LogP contribution < -0.4 is 5.32 Å². The molecule has 1 N–H and O–H groups in total. The van der Waals surface area contributed by atoms with E-state index in [-0.39, 0.29) is 41.3 Å². The van der Waals surface area contributed by atoms with Gasteiger partial charge in [-0.3, -0.25) is 4.79 Å². The van der Waals surface area contributed by atoms with Crippen molar-refractivity contribution in [2.24, 2.45) is 22.2 Å². The molecule has 108 valence electrons. The molecule has 0 heterocycles. The number of carbonyl (C=O) groups is 2. The Morgan fingerprint density at radius 2 is 1.89 bits per heavy atom. The highest BCUT2D eigenvalue weighted by Gasteiger charge is 2.63. The first-order valence-corrected chi connectivity index (χ1v) is 6.71. The van der Waals surface area contributed by atoms with Crippen LogP contribution in [0, 0.1) is 17.3 Å². The van der Waals surface area contributed by atoms with Gasteiger partial charge in [-0.25, -0.2) is 4.99 Å². The second kappa shape index (κ2) is 5.72. The van der Waals surface area contributed by atoms with Gasteiger partial charge in [0.05, 0.1) is 5.92 Å². The van der Waals surface area contributed by atoms with Gasteiger partial charge >= 0.3 is 5.97 Å². The summed E-state index contributed by atoms with van der Waals surface area (Å²) in [4.78, 5) is 27.2. The molecular formula is C14H24N2O3. The van der Waals surface area contributed by atoms with Gasteiger partial charge in [0, 0.05) is 18.0 Å². The second-order valence-corrected chi connectivity index (χ2v) is 6.21. The number of rotatable bonds is 4. The fourth-order valence-electron chi connectivity index (χ4n) is 2.12. The van der Waals surface area contributed by atoms with Gasteiger partial charge in [-0.2, -0.15) is 0 Å². The minimum absolute atomic E-state index is 0.0307. The summed E-state index contributed by atoms with van der Waals surface area (Å²) in [6, 6.07) is 0.393. The molecule has 5 nitrogen and oxygen atoms in total. The van der Waals surface area contributed by atoms with Crippen LogP contribution in [0.4, 0.5) is 0 Å².